The molecule has 6 heteroatoms. The van der Waals surface area contributed by atoms with Crippen LogP contribution in [0.25, 0.3) is 23.1 Å². The largest absolute Gasteiger partial charge is 0.491 e. The van der Waals surface area contributed by atoms with Crippen LogP contribution in [-0.2, 0) is 9.47 Å². The summed E-state index contributed by atoms with van der Waals surface area (Å²) in [6, 6.07) is 15.9. The average Bonchev–Trinajstić information content (AvgIpc) is 3.17. The summed E-state index contributed by atoms with van der Waals surface area (Å²) in [5, 5.41) is 4.08. The van der Waals surface area contributed by atoms with Crippen LogP contribution in [0.5, 0.6) is 5.75 Å². The molecule has 0 amide bonds. The van der Waals surface area contributed by atoms with Gasteiger partial charge in [0, 0.05) is 18.1 Å². The van der Waals surface area contributed by atoms with Gasteiger partial charge in [-0.25, -0.2) is 4.39 Å². The summed E-state index contributed by atoms with van der Waals surface area (Å²) in [5.41, 5.74) is 2.99. The van der Waals surface area contributed by atoms with Crippen molar-refractivity contribution in [3.05, 3.63) is 59.9 Å². The van der Waals surface area contributed by atoms with Crippen LogP contribution in [0.15, 0.2) is 52.9 Å². The topological polar surface area (TPSA) is 52.9 Å². The molecule has 0 radical (unpaired) electrons. The van der Waals surface area contributed by atoms with Crippen molar-refractivity contribution in [3.63, 3.8) is 0 Å². The second-order valence-corrected chi connectivity index (χ2v) is 6.32. The number of alkyl halides is 1. The van der Waals surface area contributed by atoms with Gasteiger partial charge in [0.2, 0.25) is 0 Å². The Bertz CT molecular complexity index is 905. The Morgan fingerprint density at radius 3 is 2.41 bits per heavy atom. The highest BCUT2D eigenvalue weighted by Crippen LogP contribution is 2.25. The van der Waals surface area contributed by atoms with E-state index in [4.69, 9.17) is 18.6 Å². The van der Waals surface area contributed by atoms with Crippen molar-refractivity contribution < 1.29 is 23.0 Å². The van der Waals surface area contributed by atoms with Crippen molar-refractivity contribution in [3.8, 4) is 5.75 Å². The smallest absolute Gasteiger partial charge is 0.135 e. The Balaban J connectivity index is 1.49. The molecular weight excluding hydrogens is 373 g/mol. The summed E-state index contributed by atoms with van der Waals surface area (Å²) in [6.07, 6.45) is 3.97. The van der Waals surface area contributed by atoms with E-state index in [9.17, 15) is 4.39 Å². The quantitative estimate of drug-likeness (QED) is 0.433. The zero-order chi connectivity index (χ0) is 20.3. The highest BCUT2D eigenvalue weighted by molar-refractivity contribution is 5.83. The second-order valence-electron chi connectivity index (χ2n) is 6.32. The zero-order valence-electron chi connectivity index (χ0n) is 16.5. The highest BCUT2D eigenvalue weighted by atomic mass is 19.1. The maximum Gasteiger partial charge on any atom is 0.135 e. The second kappa shape index (κ2) is 11.2. The molecule has 2 aromatic carbocycles. The van der Waals surface area contributed by atoms with Gasteiger partial charge in [0.15, 0.2) is 0 Å². The summed E-state index contributed by atoms with van der Waals surface area (Å²) in [4.78, 5) is 0. The molecule has 0 saturated carbocycles. The Hall–Kier alpha value is -2.83. The molecule has 5 nitrogen and oxygen atoms in total. The monoisotopic (exact) mass is 399 g/mol. The van der Waals surface area contributed by atoms with Gasteiger partial charge in [-0.1, -0.05) is 18.2 Å². The fourth-order valence-corrected chi connectivity index (χ4v) is 2.75. The SMILES string of the molecule is CNc1ccc(/C=C/c2cc3cc(OCCOCCOCCF)ccc3o2)cc1. The number of fused-ring (bicyclic) bond motifs is 1. The van der Waals surface area contributed by atoms with E-state index in [0.717, 1.165) is 33.7 Å². The van der Waals surface area contributed by atoms with Gasteiger partial charge in [-0.05, 0) is 48.0 Å². The van der Waals surface area contributed by atoms with Crippen LogP contribution in [0.4, 0.5) is 10.1 Å². The van der Waals surface area contributed by atoms with E-state index in [2.05, 4.69) is 5.32 Å². The van der Waals surface area contributed by atoms with Gasteiger partial charge >= 0.3 is 0 Å². The molecule has 0 saturated heterocycles. The number of hydrogen-bond acceptors (Lipinski definition) is 5. The lowest BCUT2D eigenvalue weighted by molar-refractivity contribution is 0.0325. The van der Waals surface area contributed by atoms with Crippen LogP contribution in [0, 0.1) is 0 Å². The first-order valence-electron chi connectivity index (χ1n) is 9.62. The number of furan rings is 1. The van der Waals surface area contributed by atoms with Gasteiger partial charge in [0.05, 0.1) is 26.4 Å². The number of halogens is 1. The molecule has 0 aliphatic heterocycles. The van der Waals surface area contributed by atoms with Crippen molar-refractivity contribution in [2.45, 2.75) is 0 Å². The van der Waals surface area contributed by atoms with Gasteiger partial charge < -0.3 is 23.9 Å². The normalized spacial score (nSPS) is 11.4. The van der Waals surface area contributed by atoms with Gasteiger partial charge in [0.25, 0.3) is 0 Å². The Kier molecular flexibility index (Phi) is 8.10. The first-order valence-corrected chi connectivity index (χ1v) is 9.62. The minimum Gasteiger partial charge on any atom is -0.491 e. The predicted molar refractivity (Wildman–Crippen MR) is 114 cm³/mol. The molecule has 1 N–H and O–H groups in total. The highest BCUT2D eigenvalue weighted by Gasteiger charge is 2.04. The van der Waals surface area contributed by atoms with Crippen LogP contribution >= 0.6 is 0 Å². The fourth-order valence-electron chi connectivity index (χ4n) is 2.75. The molecule has 3 aromatic rings. The molecule has 0 unspecified atom stereocenters. The van der Waals surface area contributed by atoms with Gasteiger partial charge in [0.1, 0.15) is 30.4 Å². The molecule has 0 aliphatic carbocycles. The molecule has 1 aromatic heterocycles. The lowest BCUT2D eigenvalue weighted by Crippen LogP contribution is -2.11. The van der Waals surface area contributed by atoms with Gasteiger partial charge in [-0.15, -0.1) is 0 Å². The maximum atomic E-state index is 11.9. The van der Waals surface area contributed by atoms with Crippen molar-refractivity contribution >= 4 is 28.8 Å². The molecule has 29 heavy (non-hydrogen) atoms. The van der Waals surface area contributed by atoms with Crippen molar-refractivity contribution in [2.24, 2.45) is 0 Å². The molecule has 0 spiro atoms. The number of anilines is 1. The minimum atomic E-state index is -0.471. The van der Waals surface area contributed by atoms with Crippen LogP contribution in [0.1, 0.15) is 11.3 Å². The first-order chi connectivity index (χ1) is 14.3. The van der Waals surface area contributed by atoms with E-state index in [1.807, 2.05) is 67.7 Å². The Morgan fingerprint density at radius 2 is 1.66 bits per heavy atom. The molecule has 3 rings (SSSR count). The van der Waals surface area contributed by atoms with Crippen LogP contribution < -0.4 is 10.1 Å². The Labute approximate surface area is 170 Å². The standard InChI is InChI=1S/C23H26FNO4/c1-25-20-5-2-18(3-6-20)4-7-22-17-19-16-21(8-9-23(19)29-22)28-15-14-27-13-12-26-11-10-24/h2-9,16-17,25H,10-15H2,1H3/b7-4+. The molecular formula is C23H26FNO4. The number of benzene rings is 2. The third-order valence-electron chi connectivity index (χ3n) is 4.24. The molecule has 0 aliphatic rings. The third-order valence-corrected chi connectivity index (χ3v) is 4.24. The zero-order valence-corrected chi connectivity index (χ0v) is 16.5. The Morgan fingerprint density at radius 1 is 0.897 bits per heavy atom. The van der Waals surface area contributed by atoms with E-state index in [0.29, 0.717) is 26.4 Å². The molecule has 1 heterocycles. The third kappa shape index (κ3) is 6.62. The van der Waals surface area contributed by atoms with E-state index in [1.165, 1.54) is 0 Å². The summed E-state index contributed by atoms with van der Waals surface area (Å²) in [5.74, 6) is 1.54. The van der Waals surface area contributed by atoms with Crippen molar-refractivity contribution in [2.75, 3.05) is 52.1 Å². The van der Waals surface area contributed by atoms with E-state index in [1.54, 1.807) is 0 Å². The summed E-state index contributed by atoms with van der Waals surface area (Å²) in [6.45, 7) is 1.34. The molecule has 154 valence electrons. The van der Waals surface area contributed by atoms with E-state index in [-0.39, 0.29) is 6.61 Å². The van der Waals surface area contributed by atoms with Crippen LogP contribution in [0.3, 0.4) is 0 Å². The van der Waals surface area contributed by atoms with E-state index >= 15 is 0 Å². The van der Waals surface area contributed by atoms with Crippen LogP contribution in [0.2, 0.25) is 0 Å². The molecule has 0 fully saturated rings. The minimum absolute atomic E-state index is 0.115. The number of ether oxygens (including phenoxy) is 3. The molecule has 0 atom stereocenters. The van der Waals surface area contributed by atoms with Gasteiger partial charge in [-0.3, -0.25) is 0 Å². The fraction of sp³-hybridized carbons (Fsp3) is 0.304. The lowest BCUT2D eigenvalue weighted by Gasteiger charge is -2.07. The number of nitrogens with one attached hydrogen (secondary N) is 1. The molecule has 0 bridgehead atoms. The summed E-state index contributed by atoms with van der Waals surface area (Å²) in [7, 11) is 1.90. The predicted octanol–water partition coefficient (Wildman–Crippen LogP) is 5.03. The average molecular weight is 399 g/mol. The first kappa shape index (κ1) is 20.9. The lowest BCUT2D eigenvalue weighted by atomic mass is 10.2. The van der Waals surface area contributed by atoms with Crippen molar-refractivity contribution in [1.29, 1.82) is 0 Å². The summed E-state index contributed by atoms with van der Waals surface area (Å²) < 4.78 is 33.8. The van der Waals surface area contributed by atoms with Gasteiger partial charge in [-0.2, -0.15) is 0 Å². The maximum absolute atomic E-state index is 11.9. The number of hydrogen-bond donors (Lipinski definition) is 1. The number of rotatable bonds is 12. The van der Waals surface area contributed by atoms with E-state index < -0.39 is 6.67 Å². The van der Waals surface area contributed by atoms with Crippen LogP contribution in [-0.4, -0.2) is 46.8 Å². The summed E-state index contributed by atoms with van der Waals surface area (Å²) >= 11 is 0. The van der Waals surface area contributed by atoms with Crippen molar-refractivity contribution in [1.82, 2.24) is 0 Å².